The van der Waals surface area contributed by atoms with Crippen LogP contribution in [0, 0.1) is 0 Å². The third-order valence-corrected chi connectivity index (χ3v) is 3.21. The van der Waals surface area contributed by atoms with E-state index in [-0.39, 0.29) is 11.7 Å². The summed E-state index contributed by atoms with van der Waals surface area (Å²) in [5, 5.41) is 0. The predicted octanol–water partition coefficient (Wildman–Crippen LogP) is 1.43. The summed E-state index contributed by atoms with van der Waals surface area (Å²) in [6.07, 6.45) is 1.30. The molecule has 0 aliphatic carbocycles. The van der Waals surface area contributed by atoms with Crippen LogP contribution in [0.1, 0.15) is 18.4 Å². The van der Waals surface area contributed by atoms with Gasteiger partial charge in [-0.05, 0) is 6.07 Å². The van der Waals surface area contributed by atoms with Crippen LogP contribution in [0.15, 0.2) is 24.3 Å². The zero-order valence-corrected chi connectivity index (χ0v) is 10.5. The fraction of sp³-hybridized carbons (Fsp3) is 0.429. The molecule has 4 nitrogen and oxygen atoms in total. The Morgan fingerprint density at radius 2 is 1.94 bits per heavy atom. The van der Waals surface area contributed by atoms with Crippen molar-refractivity contribution in [2.24, 2.45) is 0 Å². The minimum Gasteiger partial charge on any atom is -0.496 e. The van der Waals surface area contributed by atoms with Crippen LogP contribution >= 0.6 is 0 Å². The number of ketones is 1. The highest BCUT2D eigenvalue weighted by Crippen LogP contribution is 2.19. The minimum atomic E-state index is 0.0620. The Balaban J connectivity index is 2.00. The zero-order valence-electron chi connectivity index (χ0n) is 10.5. The number of benzene rings is 1. The van der Waals surface area contributed by atoms with Crippen molar-refractivity contribution in [1.82, 2.24) is 4.90 Å². The van der Waals surface area contributed by atoms with Gasteiger partial charge in [0.05, 0.1) is 13.5 Å². The van der Waals surface area contributed by atoms with E-state index in [9.17, 15) is 9.59 Å². The fourth-order valence-corrected chi connectivity index (χ4v) is 2.13. The van der Waals surface area contributed by atoms with Crippen LogP contribution in [0.25, 0.3) is 0 Å². The second kappa shape index (κ2) is 5.67. The lowest BCUT2D eigenvalue weighted by Gasteiger charge is -2.26. The van der Waals surface area contributed by atoms with Gasteiger partial charge in [0.2, 0.25) is 5.91 Å². The lowest BCUT2D eigenvalue weighted by Crippen LogP contribution is -2.39. The topological polar surface area (TPSA) is 46.6 Å². The molecule has 2 rings (SSSR count). The SMILES string of the molecule is COc1ccccc1CC(=O)N1CCC(=O)CC1. The lowest BCUT2D eigenvalue weighted by molar-refractivity contribution is -0.133. The maximum absolute atomic E-state index is 12.1. The Bertz CT molecular complexity index is 446. The second-order valence-electron chi connectivity index (χ2n) is 4.41. The Kier molecular flexibility index (Phi) is 3.97. The third-order valence-electron chi connectivity index (χ3n) is 3.21. The van der Waals surface area contributed by atoms with E-state index in [0.717, 1.165) is 11.3 Å². The molecule has 1 aliphatic heterocycles. The molecule has 96 valence electrons. The van der Waals surface area contributed by atoms with E-state index in [0.29, 0.717) is 32.4 Å². The van der Waals surface area contributed by atoms with Crippen molar-refractivity contribution in [3.8, 4) is 5.75 Å². The summed E-state index contributed by atoms with van der Waals surface area (Å²) in [5.41, 5.74) is 0.891. The molecule has 0 bridgehead atoms. The van der Waals surface area contributed by atoms with Gasteiger partial charge < -0.3 is 9.64 Å². The molecular formula is C14H17NO3. The molecule has 1 aliphatic rings. The summed E-state index contributed by atoms with van der Waals surface area (Å²) in [5.74, 6) is 1.04. The molecule has 0 radical (unpaired) electrons. The first kappa shape index (κ1) is 12.6. The quantitative estimate of drug-likeness (QED) is 0.811. The van der Waals surface area contributed by atoms with Gasteiger partial charge in [0, 0.05) is 31.5 Å². The smallest absolute Gasteiger partial charge is 0.227 e. The van der Waals surface area contributed by atoms with Gasteiger partial charge in [0.1, 0.15) is 11.5 Å². The van der Waals surface area contributed by atoms with E-state index in [2.05, 4.69) is 0 Å². The normalized spacial score (nSPS) is 15.6. The van der Waals surface area contributed by atoms with Gasteiger partial charge in [-0.25, -0.2) is 0 Å². The van der Waals surface area contributed by atoms with E-state index < -0.39 is 0 Å². The number of likely N-dealkylation sites (tertiary alicyclic amines) is 1. The second-order valence-corrected chi connectivity index (χ2v) is 4.41. The first-order valence-corrected chi connectivity index (χ1v) is 6.12. The van der Waals surface area contributed by atoms with Gasteiger partial charge in [-0.15, -0.1) is 0 Å². The van der Waals surface area contributed by atoms with Crippen LogP contribution in [-0.2, 0) is 16.0 Å². The number of methoxy groups -OCH3 is 1. The van der Waals surface area contributed by atoms with Crippen LogP contribution in [0.3, 0.4) is 0 Å². The monoisotopic (exact) mass is 247 g/mol. The number of para-hydroxylation sites is 1. The Labute approximate surface area is 107 Å². The molecule has 1 fully saturated rings. The van der Waals surface area contributed by atoms with E-state index in [4.69, 9.17) is 4.74 Å². The van der Waals surface area contributed by atoms with E-state index in [1.807, 2.05) is 24.3 Å². The first-order chi connectivity index (χ1) is 8.70. The van der Waals surface area contributed by atoms with Crippen LogP contribution < -0.4 is 4.74 Å². The summed E-state index contributed by atoms with van der Waals surface area (Å²) >= 11 is 0. The van der Waals surface area contributed by atoms with Gasteiger partial charge in [0.15, 0.2) is 0 Å². The van der Waals surface area contributed by atoms with Crippen molar-refractivity contribution < 1.29 is 14.3 Å². The molecule has 1 amide bonds. The molecule has 1 aromatic carbocycles. The van der Waals surface area contributed by atoms with Crippen LogP contribution in [-0.4, -0.2) is 36.8 Å². The Morgan fingerprint density at radius 1 is 1.28 bits per heavy atom. The molecule has 1 saturated heterocycles. The number of amides is 1. The highest BCUT2D eigenvalue weighted by Gasteiger charge is 2.21. The van der Waals surface area contributed by atoms with Crippen molar-refractivity contribution in [3.63, 3.8) is 0 Å². The molecule has 0 spiro atoms. The maximum Gasteiger partial charge on any atom is 0.227 e. The van der Waals surface area contributed by atoms with E-state index >= 15 is 0 Å². The van der Waals surface area contributed by atoms with Gasteiger partial charge in [-0.3, -0.25) is 9.59 Å². The van der Waals surface area contributed by atoms with Crippen molar-refractivity contribution in [3.05, 3.63) is 29.8 Å². The molecule has 0 aromatic heterocycles. The zero-order chi connectivity index (χ0) is 13.0. The summed E-state index contributed by atoms with van der Waals surface area (Å²) in [7, 11) is 1.60. The largest absolute Gasteiger partial charge is 0.496 e. The highest BCUT2D eigenvalue weighted by molar-refractivity contribution is 5.84. The molecular weight excluding hydrogens is 230 g/mol. The molecule has 0 atom stereocenters. The van der Waals surface area contributed by atoms with Gasteiger partial charge in [-0.1, -0.05) is 18.2 Å². The minimum absolute atomic E-state index is 0.0620. The number of piperidine rings is 1. The van der Waals surface area contributed by atoms with E-state index in [1.165, 1.54) is 0 Å². The average molecular weight is 247 g/mol. The number of carbonyl (C=O) groups excluding carboxylic acids is 2. The van der Waals surface area contributed by atoms with Gasteiger partial charge in [-0.2, -0.15) is 0 Å². The number of Topliss-reactive ketones (excluding diaryl/α,β-unsaturated/α-hetero) is 1. The average Bonchev–Trinajstić information content (AvgIpc) is 2.40. The predicted molar refractivity (Wildman–Crippen MR) is 67.5 cm³/mol. The van der Waals surface area contributed by atoms with Gasteiger partial charge >= 0.3 is 0 Å². The van der Waals surface area contributed by atoms with Gasteiger partial charge in [0.25, 0.3) is 0 Å². The number of carbonyl (C=O) groups is 2. The molecule has 0 saturated carbocycles. The van der Waals surface area contributed by atoms with Crippen LogP contribution in [0.4, 0.5) is 0 Å². The third kappa shape index (κ3) is 2.88. The number of nitrogens with zero attached hydrogens (tertiary/aromatic N) is 1. The molecule has 1 heterocycles. The number of hydrogen-bond acceptors (Lipinski definition) is 3. The van der Waals surface area contributed by atoms with Crippen molar-refractivity contribution >= 4 is 11.7 Å². The summed E-state index contributed by atoms with van der Waals surface area (Å²) < 4.78 is 5.23. The summed E-state index contributed by atoms with van der Waals surface area (Å²) in [6.45, 7) is 1.10. The number of rotatable bonds is 3. The standard InChI is InChI=1S/C14H17NO3/c1-18-13-5-3-2-4-11(13)10-14(17)15-8-6-12(16)7-9-15/h2-5H,6-10H2,1H3. The fourth-order valence-electron chi connectivity index (χ4n) is 2.13. The van der Waals surface area contributed by atoms with E-state index in [1.54, 1.807) is 12.0 Å². The molecule has 0 N–H and O–H groups in total. The lowest BCUT2D eigenvalue weighted by atomic mass is 10.1. The maximum atomic E-state index is 12.1. The Hall–Kier alpha value is -1.84. The Morgan fingerprint density at radius 3 is 2.61 bits per heavy atom. The van der Waals surface area contributed by atoms with Crippen molar-refractivity contribution in [1.29, 1.82) is 0 Å². The van der Waals surface area contributed by atoms with Crippen molar-refractivity contribution in [2.75, 3.05) is 20.2 Å². The first-order valence-electron chi connectivity index (χ1n) is 6.12. The van der Waals surface area contributed by atoms with Crippen LogP contribution in [0.5, 0.6) is 5.75 Å². The number of ether oxygens (including phenoxy) is 1. The molecule has 18 heavy (non-hydrogen) atoms. The van der Waals surface area contributed by atoms with Crippen molar-refractivity contribution in [2.45, 2.75) is 19.3 Å². The van der Waals surface area contributed by atoms with Crippen LogP contribution in [0.2, 0.25) is 0 Å². The summed E-state index contributed by atoms with van der Waals surface area (Å²) in [6, 6.07) is 7.52. The number of hydrogen-bond donors (Lipinski definition) is 0. The molecule has 0 unspecified atom stereocenters. The summed E-state index contributed by atoms with van der Waals surface area (Å²) in [4.78, 5) is 25.0. The molecule has 1 aromatic rings. The highest BCUT2D eigenvalue weighted by atomic mass is 16.5. The molecule has 4 heteroatoms.